The molecular formula is C10H16N2O2. The molecule has 0 aromatic carbocycles. The second kappa shape index (κ2) is 4.57. The number of aromatic nitrogens is 1. The maximum atomic E-state index is 5.56. The van der Waals surface area contributed by atoms with E-state index in [1.54, 1.807) is 6.20 Å². The van der Waals surface area contributed by atoms with Gasteiger partial charge in [-0.05, 0) is 19.4 Å². The molecule has 1 unspecified atom stereocenters. The van der Waals surface area contributed by atoms with Crippen molar-refractivity contribution in [3.8, 4) is 0 Å². The van der Waals surface area contributed by atoms with Gasteiger partial charge in [0.05, 0.1) is 12.7 Å². The van der Waals surface area contributed by atoms with E-state index < -0.39 is 0 Å². The molecule has 78 valence electrons. The minimum atomic E-state index is 0.594. The molecule has 1 aliphatic heterocycles. The molecule has 1 aliphatic rings. The van der Waals surface area contributed by atoms with Gasteiger partial charge in [0, 0.05) is 19.6 Å². The van der Waals surface area contributed by atoms with Gasteiger partial charge in [-0.3, -0.25) is 0 Å². The minimum Gasteiger partial charge on any atom is -0.444 e. The van der Waals surface area contributed by atoms with Gasteiger partial charge >= 0.3 is 0 Å². The molecule has 1 atom stereocenters. The Morgan fingerprint density at radius 1 is 1.64 bits per heavy atom. The number of oxazole rings is 1. The topological polar surface area (TPSA) is 47.3 Å². The second-order valence-corrected chi connectivity index (χ2v) is 3.68. The Hall–Kier alpha value is -0.870. The summed E-state index contributed by atoms with van der Waals surface area (Å²) in [5.41, 5.74) is 0. The van der Waals surface area contributed by atoms with Gasteiger partial charge in [-0.15, -0.1) is 0 Å². The average Bonchev–Trinajstić information content (AvgIpc) is 2.79. The predicted octanol–water partition coefficient (Wildman–Crippen LogP) is 0.973. The van der Waals surface area contributed by atoms with E-state index in [-0.39, 0.29) is 0 Å². The van der Waals surface area contributed by atoms with Crippen LogP contribution in [0.5, 0.6) is 0 Å². The van der Waals surface area contributed by atoms with Gasteiger partial charge < -0.3 is 14.5 Å². The first-order chi connectivity index (χ1) is 6.88. The summed E-state index contributed by atoms with van der Waals surface area (Å²) in [6.45, 7) is 2.48. The Morgan fingerprint density at radius 2 is 2.57 bits per heavy atom. The zero-order valence-electron chi connectivity index (χ0n) is 8.45. The van der Waals surface area contributed by atoms with Gasteiger partial charge in [-0.1, -0.05) is 0 Å². The summed E-state index contributed by atoms with van der Waals surface area (Å²) in [5.74, 6) is 2.34. The van der Waals surface area contributed by atoms with Gasteiger partial charge in [0.2, 0.25) is 0 Å². The lowest BCUT2D eigenvalue weighted by atomic mass is 10.1. The third-order valence-electron chi connectivity index (χ3n) is 2.44. The molecule has 0 bridgehead atoms. The van der Waals surface area contributed by atoms with E-state index in [2.05, 4.69) is 10.3 Å². The molecule has 0 spiro atoms. The number of hydrogen-bond acceptors (Lipinski definition) is 4. The SMILES string of the molecule is CNCc1cnc(CC2CCOC2)o1. The van der Waals surface area contributed by atoms with Gasteiger partial charge in [0.1, 0.15) is 5.76 Å². The number of nitrogens with one attached hydrogen (secondary N) is 1. The first kappa shape index (κ1) is 9.68. The van der Waals surface area contributed by atoms with Gasteiger partial charge in [-0.25, -0.2) is 4.98 Å². The molecule has 1 N–H and O–H groups in total. The van der Waals surface area contributed by atoms with Crippen LogP contribution in [0.4, 0.5) is 0 Å². The monoisotopic (exact) mass is 196 g/mol. The molecule has 1 saturated heterocycles. The number of rotatable bonds is 4. The fraction of sp³-hybridized carbons (Fsp3) is 0.700. The van der Waals surface area contributed by atoms with Crippen LogP contribution in [-0.2, 0) is 17.7 Å². The molecule has 1 aromatic heterocycles. The quantitative estimate of drug-likeness (QED) is 0.779. The van der Waals surface area contributed by atoms with Crippen molar-refractivity contribution >= 4 is 0 Å². The standard InChI is InChI=1S/C10H16N2O2/c1-11-5-9-6-12-10(14-9)4-8-2-3-13-7-8/h6,8,11H,2-5,7H2,1H3. The van der Waals surface area contributed by atoms with Crippen LogP contribution in [0.2, 0.25) is 0 Å². The molecule has 2 rings (SSSR count). The van der Waals surface area contributed by atoms with Gasteiger partial charge in [0.25, 0.3) is 0 Å². The third kappa shape index (κ3) is 2.33. The lowest BCUT2D eigenvalue weighted by molar-refractivity contribution is 0.184. The van der Waals surface area contributed by atoms with Crippen LogP contribution >= 0.6 is 0 Å². The fourth-order valence-corrected chi connectivity index (χ4v) is 1.69. The summed E-state index contributed by atoms with van der Waals surface area (Å²) in [7, 11) is 1.90. The molecule has 0 saturated carbocycles. The van der Waals surface area contributed by atoms with E-state index >= 15 is 0 Å². The highest BCUT2D eigenvalue weighted by atomic mass is 16.5. The van der Waals surface area contributed by atoms with Crippen molar-refractivity contribution in [2.45, 2.75) is 19.4 Å². The Labute approximate surface area is 83.7 Å². The van der Waals surface area contributed by atoms with Crippen LogP contribution in [0.15, 0.2) is 10.6 Å². The van der Waals surface area contributed by atoms with Crippen LogP contribution in [0.1, 0.15) is 18.1 Å². The first-order valence-corrected chi connectivity index (χ1v) is 5.04. The molecule has 14 heavy (non-hydrogen) atoms. The number of hydrogen-bond donors (Lipinski definition) is 1. The number of nitrogens with zero attached hydrogens (tertiary/aromatic N) is 1. The maximum Gasteiger partial charge on any atom is 0.194 e. The van der Waals surface area contributed by atoms with E-state index in [9.17, 15) is 0 Å². The molecule has 4 heteroatoms. The zero-order valence-corrected chi connectivity index (χ0v) is 8.45. The maximum absolute atomic E-state index is 5.56. The van der Waals surface area contributed by atoms with Crippen molar-refractivity contribution in [2.24, 2.45) is 5.92 Å². The summed E-state index contributed by atoms with van der Waals surface area (Å²) in [4.78, 5) is 4.24. The molecule has 0 radical (unpaired) electrons. The minimum absolute atomic E-state index is 0.594. The Morgan fingerprint density at radius 3 is 3.29 bits per heavy atom. The summed E-state index contributed by atoms with van der Waals surface area (Å²) >= 11 is 0. The lowest BCUT2D eigenvalue weighted by Gasteiger charge is -2.02. The first-order valence-electron chi connectivity index (χ1n) is 5.04. The highest BCUT2D eigenvalue weighted by molar-refractivity contribution is 4.94. The van der Waals surface area contributed by atoms with Crippen LogP contribution in [0.3, 0.4) is 0 Å². The average molecular weight is 196 g/mol. The Kier molecular flexibility index (Phi) is 3.16. The molecule has 0 amide bonds. The van der Waals surface area contributed by atoms with E-state index in [1.165, 1.54) is 0 Å². The van der Waals surface area contributed by atoms with Gasteiger partial charge in [0.15, 0.2) is 5.89 Å². The van der Waals surface area contributed by atoms with Crippen LogP contribution in [0.25, 0.3) is 0 Å². The fourth-order valence-electron chi connectivity index (χ4n) is 1.69. The largest absolute Gasteiger partial charge is 0.444 e. The van der Waals surface area contributed by atoms with E-state index in [0.29, 0.717) is 5.92 Å². The van der Waals surface area contributed by atoms with Crippen LogP contribution < -0.4 is 5.32 Å². The second-order valence-electron chi connectivity index (χ2n) is 3.68. The highest BCUT2D eigenvalue weighted by Gasteiger charge is 2.18. The molecule has 4 nitrogen and oxygen atoms in total. The summed E-state index contributed by atoms with van der Waals surface area (Å²) < 4.78 is 10.9. The van der Waals surface area contributed by atoms with E-state index in [4.69, 9.17) is 9.15 Å². The molecule has 1 aromatic rings. The van der Waals surface area contributed by atoms with Crippen molar-refractivity contribution < 1.29 is 9.15 Å². The highest BCUT2D eigenvalue weighted by Crippen LogP contribution is 2.17. The summed E-state index contributed by atoms with van der Waals surface area (Å²) in [6, 6.07) is 0. The molecule has 2 heterocycles. The van der Waals surface area contributed by atoms with Crippen LogP contribution in [-0.4, -0.2) is 25.2 Å². The molecule has 0 aliphatic carbocycles. The smallest absolute Gasteiger partial charge is 0.194 e. The van der Waals surface area contributed by atoms with Gasteiger partial charge in [-0.2, -0.15) is 0 Å². The zero-order chi connectivity index (χ0) is 9.80. The van der Waals surface area contributed by atoms with Crippen LogP contribution in [0, 0.1) is 5.92 Å². The lowest BCUT2D eigenvalue weighted by Crippen LogP contribution is -2.04. The van der Waals surface area contributed by atoms with Crippen molar-refractivity contribution in [1.82, 2.24) is 10.3 Å². The summed E-state index contributed by atoms with van der Waals surface area (Å²) in [5, 5.41) is 3.03. The van der Waals surface area contributed by atoms with Crippen molar-refractivity contribution in [2.75, 3.05) is 20.3 Å². The summed E-state index contributed by atoms with van der Waals surface area (Å²) in [6.07, 6.45) is 3.83. The number of ether oxygens (including phenoxy) is 1. The van der Waals surface area contributed by atoms with Crippen molar-refractivity contribution in [3.63, 3.8) is 0 Å². The van der Waals surface area contributed by atoms with E-state index in [1.807, 2.05) is 7.05 Å². The van der Waals surface area contributed by atoms with Crippen molar-refractivity contribution in [1.29, 1.82) is 0 Å². The molecular weight excluding hydrogens is 180 g/mol. The van der Waals surface area contributed by atoms with Crippen molar-refractivity contribution in [3.05, 3.63) is 17.8 Å². The Balaban J connectivity index is 1.88. The third-order valence-corrected chi connectivity index (χ3v) is 2.44. The molecule has 1 fully saturated rings. The van der Waals surface area contributed by atoms with E-state index in [0.717, 1.165) is 44.3 Å². The normalized spacial score (nSPS) is 21.6. The predicted molar refractivity (Wildman–Crippen MR) is 51.9 cm³/mol. The Bertz CT molecular complexity index is 279.